The van der Waals surface area contributed by atoms with Crippen LogP contribution >= 0.6 is 0 Å². The molecule has 1 aromatic carbocycles. The molecule has 1 aromatic rings. The lowest BCUT2D eigenvalue weighted by Crippen LogP contribution is -2.29. The van der Waals surface area contributed by atoms with Crippen molar-refractivity contribution in [1.82, 2.24) is 5.32 Å². The van der Waals surface area contributed by atoms with E-state index < -0.39 is 0 Å². The first-order valence-corrected chi connectivity index (χ1v) is 6.41. The predicted molar refractivity (Wildman–Crippen MR) is 68.0 cm³/mol. The number of benzene rings is 1. The van der Waals surface area contributed by atoms with Crippen LogP contribution in [0.15, 0.2) is 18.2 Å². The second-order valence-electron chi connectivity index (χ2n) is 4.96. The Morgan fingerprint density at radius 2 is 2.33 bits per heavy atom. The molecule has 1 heterocycles. The summed E-state index contributed by atoms with van der Waals surface area (Å²) in [6, 6.07) is 3.96. The molecule has 0 aromatic heterocycles. The number of phenols is 1. The van der Waals surface area contributed by atoms with Crippen molar-refractivity contribution in [3.05, 3.63) is 29.6 Å². The molecule has 3 unspecified atom stereocenters. The molecule has 3 atom stereocenters. The molecule has 1 saturated heterocycles. The molecule has 3 nitrogen and oxygen atoms in total. The summed E-state index contributed by atoms with van der Waals surface area (Å²) in [7, 11) is 0. The molecule has 1 fully saturated rings. The number of hydrogen-bond donors (Lipinski definition) is 2. The predicted octanol–water partition coefficient (Wildman–Crippen LogP) is 2.61. The van der Waals surface area contributed by atoms with Crippen LogP contribution in [0, 0.1) is 11.7 Å². The lowest BCUT2D eigenvalue weighted by atomic mass is 10.0. The lowest BCUT2D eigenvalue weighted by Gasteiger charge is -2.20. The number of rotatable bonds is 4. The monoisotopic (exact) mass is 253 g/mol. The standard InChI is InChI=1S/C14H20FNO2/c1-9(13-7-12(15)3-4-14(13)17)16-8-11-5-6-18-10(11)2/h3-4,7,9-11,16-17H,5-6,8H2,1-2H3. The van der Waals surface area contributed by atoms with Crippen LogP contribution in [-0.4, -0.2) is 24.4 Å². The highest BCUT2D eigenvalue weighted by Crippen LogP contribution is 2.26. The van der Waals surface area contributed by atoms with Crippen LogP contribution < -0.4 is 5.32 Å². The van der Waals surface area contributed by atoms with Gasteiger partial charge in [0.25, 0.3) is 0 Å². The molecule has 0 radical (unpaired) electrons. The molecule has 1 aliphatic rings. The van der Waals surface area contributed by atoms with Gasteiger partial charge in [0.2, 0.25) is 0 Å². The fraction of sp³-hybridized carbons (Fsp3) is 0.571. The smallest absolute Gasteiger partial charge is 0.123 e. The van der Waals surface area contributed by atoms with Gasteiger partial charge in [-0.05, 0) is 44.4 Å². The third-order valence-corrected chi connectivity index (χ3v) is 3.68. The summed E-state index contributed by atoms with van der Waals surface area (Å²) in [5.41, 5.74) is 0.599. The van der Waals surface area contributed by atoms with Crippen LogP contribution in [0.25, 0.3) is 0 Å². The van der Waals surface area contributed by atoms with Crippen molar-refractivity contribution in [2.75, 3.05) is 13.2 Å². The van der Waals surface area contributed by atoms with Crippen molar-refractivity contribution in [1.29, 1.82) is 0 Å². The van der Waals surface area contributed by atoms with Gasteiger partial charge in [0.05, 0.1) is 6.10 Å². The van der Waals surface area contributed by atoms with Gasteiger partial charge in [-0.3, -0.25) is 0 Å². The second kappa shape index (κ2) is 5.67. The minimum atomic E-state index is -0.325. The first-order valence-electron chi connectivity index (χ1n) is 6.41. The highest BCUT2D eigenvalue weighted by atomic mass is 19.1. The van der Waals surface area contributed by atoms with Gasteiger partial charge in [0.1, 0.15) is 11.6 Å². The molecule has 0 amide bonds. The third kappa shape index (κ3) is 3.00. The van der Waals surface area contributed by atoms with E-state index in [0.717, 1.165) is 19.6 Å². The SMILES string of the molecule is CC(NCC1CCOC1C)c1cc(F)ccc1O. The maximum absolute atomic E-state index is 13.2. The van der Waals surface area contributed by atoms with Gasteiger partial charge in [-0.1, -0.05) is 0 Å². The minimum Gasteiger partial charge on any atom is -0.508 e. The topological polar surface area (TPSA) is 41.5 Å². The fourth-order valence-electron chi connectivity index (χ4n) is 2.35. The minimum absolute atomic E-state index is 0.0755. The van der Waals surface area contributed by atoms with E-state index in [1.54, 1.807) is 0 Å². The Hall–Kier alpha value is -1.13. The van der Waals surface area contributed by atoms with Gasteiger partial charge in [-0.2, -0.15) is 0 Å². The molecular formula is C14H20FNO2. The number of ether oxygens (including phenoxy) is 1. The van der Waals surface area contributed by atoms with Gasteiger partial charge in [-0.15, -0.1) is 0 Å². The molecule has 4 heteroatoms. The van der Waals surface area contributed by atoms with Gasteiger partial charge >= 0.3 is 0 Å². The van der Waals surface area contributed by atoms with Crippen LogP contribution in [0.3, 0.4) is 0 Å². The summed E-state index contributed by atoms with van der Waals surface area (Å²) in [4.78, 5) is 0. The third-order valence-electron chi connectivity index (χ3n) is 3.68. The average Bonchev–Trinajstić information content (AvgIpc) is 2.75. The summed E-state index contributed by atoms with van der Waals surface area (Å²) < 4.78 is 18.6. The molecule has 100 valence electrons. The zero-order valence-corrected chi connectivity index (χ0v) is 10.8. The van der Waals surface area contributed by atoms with Crippen molar-refractivity contribution >= 4 is 0 Å². The van der Waals surface area contributed by atoms with Crippen molar-refractivity contribution in [3.8, 4) is 5.75 Å². The highest BCUT2D eigenvalue weighted by Gasteiger charge is 2.24. The lowest BCUT2D eigenvalue weighted by molar-refractivity contribution is 0.105. The van der Waals surface area contributed by atoms with E-state index in [-0.39, 0.29) is 23.7 Å². The molecule has 0 aliphatic carbocycles. The average molecular weight is 253 g/mol. The largest absolute Gasteiger partial charge is 0.508 e. The van der Waals surface area contributed by atoms with Crippen LogP contribution in [0.5, 0.6) is 5.75 Å². The number of nitrogens with one attached hydrogen (secondary N) is 1. The van der Waals surface area contributed by atoms with Crippen LogP contribution in [0.1, 0.15) is 31.9 Å². The van der Waals surface area contributed by atoms with Gasteiger partial charge in [0.15, 0.2) is 0 Å². The van der Waals surface area contributed by atoms with E-state index in [0.29, 0.717) is 11.5 Å². The van der Waals surface area contributed by atoms with E-state index in [2.05, 4.69) is 12.2 Å². The highest BCUT2D eigenvalue weighted by molar-refractivity contribution is 5.34. The van der Waals surface area contributed by atoms with E-state index in [1.165, 1.54) is 18.2 Å². The first kappa shape index (κ1) is 13.3. The molecule has 0 saturated carbocycles. The molecule has 0 bridgehead atoms. The van der Waals surface area contributed by atoms with Crippen molar-refractivity contribution < 1.29 is 14.2 Å². The molecule has 2 rings (SSSR count). The Kier molecular flexibility index (Phi) is 4.19. The van der Waals surface area contributed by atoms with Crippen molar-refractivity contribution in [2.24, 2.45) is 5.92 Å². The summed E-state index contributed by atoms with van der Waals surface area (Å²) in [5.74, 6) is 0.296. The summed E-state index contributed by atoms with van der Waals surface area (Å²) in [5, 5.41) is 13.1. The molecular weight excluding hydrogens is 233 g/mol. The quantitative estimate of drug-likeness (QED) is 0.866. The summed E-state index contributed by atoms with van der Waals surface area (Å²) >= 11 is 0. The number of halogens is 1. The zero-order chi connectivity index (χ0) is 13.1. The Balaban J connectivity index is 1.94. The maximum Gasteiger partial charge on any atom is 0.123 e. The van der Waals surface area contributed by atoms with Crippen LogP contribution in [0.2, 0.25) is 0 Å². The molecule has 1 aliphatic heterocycles. The summed E-state index contributed by atoms with van der Waals surface area (Å²) in [6.07, 6.45) is 1.32. The Morgan fingerprint density at radius 1 is 1.56 bits per heavy atom. The fourth-order valence-corrected chi connectivity index (χ4v) is 2.35. The number of aromatic hydroxyl groups is 1. The maximum atomic E-state index is 13.2. The Labute approximate surface area is 107 Å². The zero-order valence-electron chi connectivity index (χ0n) is 10.8. The van der Waals surface area contributed by atoms with Crippen molar-refractivity contribution in [2.45, 2.75) is 32.4 Å². The number of phenolic OH excluding ortho intramolecular Hbond substituents is 1. The normalized spacial score (nSPS) is 25.3. The van der Waals surface area contributed by atoms with E-state index in [9.17, 15) is 9.50 Å². The van der Waals surface area contributed by atoms with E-state index in [1.807, 2.05) is 6.92 Å². The van der Waals surface area contributed by atoms with Gasteiger partial charge in [0, 0.05) is 24.8 Å². The first-order chi connectivity index (χ1) is 8.58. The van der Waals surface area contributed by atoms with Crippen molar-refractivity contribution in [3.63, 3.8) is 0 Å². The molecule has 18 heavy (non-hydrogen) atoms. The van der Waals surface area contributed by atoms with Gasteiger partial charge < -0.3 is 15.2 Å². The van der Waals surface area contributed by atoms with Gasteiger partial charge in [-0.25, -0.2) is 4.39 Å². The van der Waals surface area contributed by atoms with E-state index in [4.69, 9.17) is 4.74 Å². The van der Waals surface area contributed by atoms with Crippen LogP contribution in [0.4, 0.5) is 4.39 Å². The van der Waals surface area contributed by atoms with Crippen LogP contribution in [-0.2, 0) is 4.74 Å². The molecule has 0 spiro atoms. The Bertz CT molecular complexity index is 411. The molecule has 2 N–H and O–H groups in total. The number of hydrogen-bond acceptors (Lipinski definition) is 3. The summed E-state index contributed by atoms with van der Waals surface area (Å²) in [6.45, 7) is 5.63. The van der Waals surface area contributed by atoms with E-state index >= 15 is 0 Å². The Morgan fingerprint density at radius 3 is 3.00 bits per heavy atom. The second-order valence-corrected chi connectivity index (χ2v) is 4.96.